The fourth-order valence-electron chi connectivity index (χ4n) is 2.77. The van der Waals surface area contributed by atoms with E-state index in [1.807, 2.05) is 0 Å². The zero-order valence-electron chi connectivity index (χ0n) is 15.5. The van der Waals surface area contributed by atoms with Crippen LogP contribution in [0.4, 0.5) is 0 Å². The number of hydrogen-bond acceptors (Lipinski definition) is 8. The number of hydrogen-bond donors (Lipinski definition) is 2. The molecule has 0 radical (unpaired) electrons. The molecule has 0 aromatic heterocycles. The van der Waals surface area contributed by atoms with Crippen molar-refractivity contribution in [1.29, 1.82) is 0 Å². The van der Waals surface area contributed by atoms with Crippen molar-refractivity contribution >= 4 is 0 Å². The van der Waals surface area contributed by atoms with Crippen molar-refractivity contribution < 1.29 is 38.6 Å². The SMILES string of the molecule is COc1cc(O)c(-c2c(O)cc(OC)c(OC)c2OC)c(OC)c1OC. The van der Waals surface area contributed by atoms with Crippen LogP contribution >= 0.6 is 0 Å². The minimum atomic E-state index is -0.208. The first-order chi connectivity index (χ1) is 12.5. The van der Waals surface area contributed by atoms with Gasteiger partial charge in [0.25, 0.3) is 0 Å². The summed E-state index contributed by atoms with van der Waals surface area (Å²) in [6, 6.07) is 2.71. The van der Waals surface area contributed by atoms with Crippen LogP contribution in [-0.2, 0) is 0 Å². The Morgan fingerprint density at radius 1 is 0.500 bits per heavy atom. The van der Waals surface area contributed by atoms with Gasteiger partial charge in [0.1, 0.15) is 11.5 Å². The molecule has 0 bridgehead atoms. The third kappa shape index (κ3) is 2.94. The van der Waals surface area contributed by atoms with Crippen LogP contribution in [0.15, 0.2) is 12.1 Å². The van der Waals surface area contributed by atoms with E-state index in [9.17, 15) is 10.2 Å². The van der Waals surface area contributed by atoms with E-state index in [0.29, 0.717) is 0 Å². The summed E-state index contributed by atoms with van der Waals surface area (Å²) in [6.45, 7) is 0. The third-order valence-electron chi connectivity index (χ3n) is 3.87. The van der Waals surface area contributed by atoms with Crippen LogP contribution in [-0.4, -0.2) is 52.9 Å². The van der Waals surface area contributed by atoms with Crippen molar-refractivity contribution in [3.63, 3.8) is 0 Å². The Morgan fingerprint density at radius 2 is 0.808 bits per heavy atom. The van der Waals surface area contributed by atoms with E-state index in [1.54, 1.807) is 0 Å². The van der Waals surface area contributed by atoms with Gasteiger partial charge < -0.3 is 38.6 Å². The molecule has 8 heteroatoms. The quantitative estimate of drug-likeness (QED) is 0.772. The lowest BCUT2D eigenvalue weighted by atomic mass is 9.99. The predicted octanol–water partition coefficient (Wildman–Crippen LogP) is 2.82. The van der Waals surface area contributed by atoms with Crippen LogP contribution in [0, 0.1) is 0 Å². The van der Waals surface area contributed by atoms with E-state index in [2.05, 4.69) is 0 Å². The highest BCUT2D eigenvalue weighted by Crippen LogP contribution is 2.57. The lowest BCUT2D eigenvalue weighted by molar-refractivity contribution is 0.317. The third-order valence-corrected chi connectivity index (χ3v) is 3.87. The van der Waals surface area contributed by atoms with E-state index in [1.165, 1.54) is 54.8 Å². The Balaban J connectivity index is 2.97. The second kappa shape index (κ2) is 7.81. The molecule has 2 aromatic rings. The molecular formula is C18H22O8. The molecule has 26 heavy (non-hydrogen) atoms. The normalized spacial score (nSPS) is 10.2. The topological polar surface area (TPSA) is 95.8 Å². The predicted molar refractivity (Wildman–Crippen MR) is 94.5 cm³/mol. The Labute approximate surface area is 151 Å². The van der Waals surface area contributed by atoms with E-state index >= 15 is 0 Å². The molecule has 0 unspecified atom stereocenters. The van der Waals surface area contributed by atoms with Crippen LogP contribution in [0.5, 0.6) is 46.0 Å². The Kier molecular flexibility index (Phi) is 5.76. The molecule has 0 heterocycles. The van der Waals surface area contributed by atoms with Crippen molar-refractivity contribution in [2.24, 2.45) is 0 Å². The van der Waals surface area contributed by atoms with Crippen molar-refractivity contribution in [3.05, 3.63) is 12.1 Å². The molecule has 0 aliphatic rings. The van der Waals surface area contributed by atoms with Gasteiger partial charge in [0.05, 0.1) is 53.8 Å². The highest BCUT2D eigenvalue weighted by molar-refractivity contribution is 5.91. The molecular weight excluding hydrogens is 344 g/mol. The van der Waals surface area contributed by atoms with E-state index in [-0.39, 0.29) is 57.1 Å². The van der Waals surface area contributed by atoms with E-state index < -0.39 is 0 Å². The summed E-state index contributed by atoms with van der Waals surface area (Å²) in [6.07, 6.45) is 0. The van der Waals surface area contributed by atoms with Gasteiger partial charge in [0, 0.05) is 12.1 Å². The van der Waals surface area contributed by atoms with Gasteiger partial charge in [-0.05, 0) is 0 Å². The molecule has 0 aliphatic carbocycles. The zero-order chi connectivity index (χ0) is 19.4. The molecule has 0 aliphatic heterocycles. The van der Waals surface area contributed by atoms with E-state index in [4.69, 9.17) is 28.4 Å². The number of aromatic hydroxyl groups is 2. The lowest BCUT2D eigenvalue weighted by Crippen LogP contribution is -2.01. The Bertz CT molecular complexity index is 733. The Hall–Kier alpha value is -3.16. The number of benzene rings is 2. The first-order valence-electron chi connectivity index (χ1n) is 7.53. The summed E-state index contributed by atoms with van der Waals surface area (Å²) < 4.78 is 32.0. The van der Waals surface area contributed by atoms with Crippen molar-refractivity contribution in [2.75, 3.05) is 42.7 Å². The van der Waals surface area contributed by atoms with Crippen LogP contribution in [0.3, 0.4) is 0 Å². The molecule has 0 saturated carbocycles. The number of rotatable bonds is 7. The maximum absolute atomic E-state index is 10.6. The standard InChI is InChI=1S/C18H22O8/c1-21-11-7-9(19)13(17(25-5)15(11)23-3)14-10(20)8-12(22-2)16(24-4)18(14)26-6/h7-8,19-20H,1-6H3. The summed E-state index contributed by atoms with van der Waals surface area (Å²) in [5.74, 6) is 0.933. The minimum absolute atomic E-state index is 0.153. The summed E-state index contributed by atoms with van der Waals surface area (Å²) >= 11 is 0. The molecule has 2 aromatic carbocycles. The number of phenols is 2. The van der Waals surface area contributed by atoms with Gasteiger partial charge in [-0.15, -0.1) is 0 Å². The molecule has 0 spiro atoms. The number of phenolic OH excluding ortho intramolecular Hbond substituents is 2. The smallest absolute Gasteiger partial charge is 0.204 e. The van der Waals surface area contributed by atoms with Crippen molar-refractivity contribution in [1.82, 2.24) is 0 Å². The summed E-state index contributed by atoms with van der Waals surface area (Å²) in [5, 5.41) is 21.2. The second-order valence-electron chi connectivity index (χ2n) is 5.08. The maximum Gasteiger partial charge on any atom is 0.204 e. The molecule has 0 atom stereocenters. The van der Waals surface area contributed by atoms with Gasteiger partial charge in [-0.3, -0.25) is 0 Å². The van der Waals surface area contributed by atoms with Gasteiger partial charge in [0.2, 0.25) is 11.5 Å². The maximum atomic E-state index is 10.6. The van der Waals surface area contributed by atoms with Gasteiger partial charge in [0.15, 0.2) is 23.0 Å². The van der Waals surface area contributed by atoms with Gasteiger partial charge in [-0.25, -0.2) is 0 Å². The molecule has 0 amide bonds. The second-order valence-corrected chi connectivity index (χ2v) is 5.08. The van der Waals surface area contributed by atoms with Gasteiger partial charge in [-0.2, -0.15) is 0 Å². The highest BCUT2D eigenvalue weighted by Gasteiger charge is 2.29. The molecule has 0 fully saturated rings. The lowest BCUT2D eigenvalue weighted by Gasteiger charge is -2.21. The van der Waals surface area contributed by atoms with E-state index in [0.717, 1.165) is 0 Å². The molecule has 0 saturated heterocycles. The van der Waals surface area contributed by atoms with Gasteiger partial charge in [-0.1, -0.05) is 0 Å². The fraction of sp³-hybridized carbons (Fsp3) is 0.333. The van der Waals surface area contributed by atoms with Gasteiger partial charge >= 0.3 is 0 Å². The average Bonchev–Trinajstić information content (AvgIpc) is 2.66. The highest BCUT2D eigenvalue weighted by atomic mass is 16.5. The minimum Gasteiger partial charge on any atom is -0.507 e. The molecule has 8 nitrogen and oxygen atoms in total. The first kappa shape index (κ1) is 19.2. The summed E-state index contributed by atoms with van der Waals surface area (Å²) in [4.78, 5) is 0. The molecule has 142 valence electrons. The average molecular weight is 366 g/mol. The van der Waals surface area contributed by atoms with Crippen molar-refractivity contribution in [3.8, 4) is 57.1 Å². The van der Waals surface area contributed by atoms with Crippen LogP contribution in [0.2, 0.25) is 0 Å². The summed E-state index contributed by atoms with van der Waals surface area (Å²) in [5.41, 5.74) is 0.306. The van der Waals surface area contributed by atoms with Crippen molar-refractivity contribution in [2.45, 2.75) is 0 Å². The van der Waals surface area contributed by atoms with Crippen LogP contribution in [0.25, 0.3) is 11.1 Å². The fourth-order valence-corrected chi connectivity index (χ4v) is 2.77. The van der Waals surface area contributed by atoms with Crippen LogP contribution in [0.1, 0.15) is 0 Å². The Morgan fingerprint density at radius 3 is 1.04 bits per heavy atom. The first-order valence-corrected chi connectivity index (χ1v) is 7.53. The molecule has 2 rings (SSSR count). The largest absolute Gasteiger partial charge is 0.507 e. The zero-order valence-corrected chi connectivity index (χ0v) is 15.5. The van der Waals surface area contributed by atoms with Crippen LogP contribution < -0.4 is 28.4 Å². The monoisotopic (exact) mass is 366 g/mol. The number of ether oxygens (including phenoxy) is 6. The molecule has 2 N–H and O–H groups in total. The number of methoxy groups -OCH3 is 6. The summed E-state index contributed by atoms with van der Waals surface area (Å²) in [7, 11) is 8.56.